The number of imidazole rings is 1. The molecule has 1 aromatic carbocycles. The summed E-state index contributed by atoms with van der Waals surface area (Å²) >= 11 is 0. The zero-order valence-corrected chi connectivity index (χ0v) is 16.1. The van der Waals surface area contributed by atoms with Crippen molar-refractivity contribution in [3.8, 4) is 0 Å². The number of aromatic nitrogens is 2. The van der Waals surface area contributed by atoms with Gasteiger partial charge in [-0.05, 0) is 50.9 Å². The molecule has 6 heteroatoms. The van der Waals surface area contributed by atoms with Crippen LogP contribution in [-0.4, -0.2) is 46.2 Å². The second-order valence-electron chi connectivity index (χ2n) is 7.91. The lowest BCUT2D eigenvalue weighted by Crippen LogP contribution is -2.39. The molecule has 1 aliphatic heterocycles. The Hall–Kier alpha value is -2.08. The molecule has 0 spiro atoms. The molecule has 0 atom stereocenters. The Balaban J connectivity index is 1.46. The molecule has 0 radical (unpaired) electrons. The number of amides is 2. The molecule has 1 saturated carbocycles. The van der Waals surface area contributed by atoms with Gasteiger partial charge < -0.3 is 14.8 Å². The molecular formula is C21H31N5O. The summed E-state index contributed by atoms with van der Waals surface area (Å²) in [6, 6.07) is 8.30. The number of urea groups is 1. The fraction of sp³-hybridized carbons (Fsp3) is 0.619. The predicted octanol–water partition coefficient (Wildman–Crippen LogP) is 3.98. The van der Waals surface area contributed by atoms with Gasteiger partial charge in [0.2, 0.25) is 5.95 Å². The standard InChI is InChI=1S/C21H31N5O/c27-21(22-17-9-3-1-4-10-17)24-20-23-18-11-5-6-12-19(18)26(20)16-15-25-13-7-2-8-14-25/h5-6,11-12,17H,1-4,7-10,13-16H2,(H2,22,23,24,27). The molecule has 2 amide bonds. The maximum atomic E-state index is 12.5. The molecule has 1 aromatic heterocycles. The first kappa shape index (κ1) is 18.3. The molecule has 0 bridgehead atoms. The van der Waals surface area contributed by atoms with E-state index in [0.29, 0.717) is 12.0 Å². The third-order valence-electron chi connectivity index (χ3n) is 5.91. The Morgan fingerprint density at radius 3 is 2.56 bits per heavy atom. The molecule has 2 aliphatic rings. The van der Waals surface area contributed by atoms with E-state index in [-0.39, 0.29) is 6.03 Å². The van der Waals surface area contributed by atoms with E-state index in [1.54, 1.807) is 0 Å². The second kappa shape index (κ2) is 8.74. The van der Waals surface area contributed by atoms with Crippen molar-refractivity contribution < 1.29 is 4.79 Å². The number of rotatable bonds is 5. The van der Waals surface area contributed by atoms with E-state index in [4.69, 9.17) is 0 Å². The van der Waals surface area contributed by atoms with E-state index in [1.807, 2.05) is 18.2 Å². The van der Waals surface area contributed by atoms with Crippen LogP contribution in [0, 0.1) is 0 Å². The highest BCUT2D eigenvalue weighted by Gasteiger charge is 2.19. The van der Waals surface area contributed by atoms with Crippen LogP contribution < -0.4 is 10.6 Å². The van der Waals surface area contributed by atoms with Crippen LogP contribution >= 0.6 is 0 Å². The molecule has 146 valence electrons. The smallest absolute Gasteiger partial charge is 0.321 e. The van der Waals surface area contributed by atoms with Gasteiger partial charge in [-0.2, -0.15) is 0 Å². The van der Waals surface area contributed by atoms with Gasteiger partial charge in [-0.3, -0.25) is 5.32 Å². The lowest BCUT2D eigenvalue weighted by atomic mass is 9.96. The summed E-state index contributed by atoms with van der Waals surface area (Å²) in [7, 11) is 0. The van der Waals surface area contributed by atoms with Crippen molar-refractivity contribution in [1.82, 2.24) is 19.8 Å². The van der Waals surface area contributed by atoms with Gasteiger partial charge in [-0.15, -0.1) is 0 Å². The predicted molar refractivity (Wildman–Crippen MR) is 109 cm³/mol. The molecule has 6 nitrogen and oxygen atoms in total. The van der Waals surface area contributed by atoms with Crippen molar-refractivity contribution in [3.05, 3.63) is 24.3 Å². The minimum atomic E-state index is -0.128. The van der Waals surface area contributed by atoms with Crippen molar-refractivity contribution in [3.63, 3.8) is 0 Å². The summed E-state index contributed by atoms with van der Waals surface area (Å²) in [6.07, 6.45) is 9.79. The Labute approximate surface area is 161 Å². The number of piperidine rings is 1. The largest absolute Gasteiger partial charge is 0.335 e. The third kappa shape index (κ3) is 4.61. The van der Waals surface area contributed by atoms with Crippen LogP contribution in [-0.2, 0) is 6.54 Å². The van der Waals surface area contributed by atoms with E-state index in [1.165, 1.54) is 51.6 Å². The number of para-hydroxylation sites is 2. The van der Waals surface area contributed by atoms with Crippen molar-refractivity contribution in [2.45, 2.75) is 64.0 Å². The van der Waals surface area contributed by atoms with Gasteiger partial charge in [0.15, 0.2) is 0 Å². The Morgan fingerprint density at radius 2 is 1.74 bits per heavy atom. The number of nitrogens with one attached hydrogen (secondary N) is 2. The molecule has 4 rings (SSSR count). The average Bonchev–Trinajstić information content (AvgIpc) is 3.04. The van der Waals surface area contributed by atoms with Crippen molar-refractivity contribution in [2.24, 2.45) is 0 Å². The van der Waals surface area contributed by atoms with Crippen molar-refractivity contribution in [2.75, 3.05) is 25.0 Å². The van der Waals surface area contributed by atoms with Gasteiger partial charge in [-0.1, -0.05) is 37.8 Å². The summed E-state index contributed by atoms with van der Waals surface area (Å²) in [5.41, 5.74) is 2.02. The summed E-state index contributed by atoms with van der Waals surface area (Å²) < 4.78 is 2.16. The lowest BCUT2D eigenvalue weighted by Gasteiger charge is -2.27. The Bertz CT molecular complexity index is 759. The van der Waals surface area contributed by atoms with Crippen LogP contribution in [0.4, 0.5) is 10.7 Å². The molecule has 1 aliphatic carbocycles. The number of benzene rings is 1. The first-order valence-electron chi connectivity index (χ1n) is 10.5. The number of carbonyl (C=O) groups excluding carboxylic acids is 1. The summed E-state index contributed by atoms with van der Waals surface area (Å²) in [4.78, 5) is 19.7. The Kier molecular flexibility index (Phi) is 5.92. The average molecular weight is 370 g/mol. The van der Waals surface area contributed by atoms with Crippen LogP contribution in [0.2, 0.25) is 0 Å². The first-order chi connectivity index (χ1) is 13.3. The van der Waals surface area contributed by atoms with Gasteiger partial charge in [0.25, 0.3) is 0 Å². The summed E-state index contributed by atoms with van der Waals surface area (Å²) in [5.74, 6) is 0.654. The minimum absolute atomic E-state index is 0.128. The highest BCUT2D eigenvalue weighted by atomic mass is 16.2. The molecular weight excluding hydrogens is 338 g/mol. The van der Waals surface area contributed by atoms with Crippen molar-refractivity contribution in [1.29, 1.82) is 0 Å². The van der Waals surface area contributed by atoms with Crippen LogP contribution in [0.1, 0.15) is 51.4 Å². The number of hydrogen-bond donors (Lipinski definition) is 2. The summed E-state index contributed by atoms with van der Waals surface area (Å²) in [5, 5.41) is 6.15. The summed E-state index contributed by atoms with van der Waals surface area (Å²) in [6.45, 7) is 4.20. The number of anilines is 1. The number of fused-ring (bicyclic) bond motifs is 1. The van der Waals surface area contributed by atoms with E-state index in [9.17, 15) is 4.79 Å². The highest BCUT2D eigenvalue weighted by molar-refractivity contribution is 5.90. The maximum Gasteiger partial charge on any atom is 0.321 e. The van der Waals surface area contributed by atoms with Gasteiger partial charge in [0.05, 0.1) is 11.0 Å². The number of nitrogens with zero attached hydrogens (tertiary/aromatic N) is 3. The van der Waals surface area contributed by atoms with Gasteiger partial charge in [0, 0.05) is 19.1 Å². The molecule has 0 unspecified atom stereocenters. The van der Waals surface area contributed by atoms with Crippen LogP contribution in [0.25, 0.3) is 11.0 Å². The topological polar surface area (TPSA) is 62.2 Å². The molecule has 27 heavy (non-hydrogen) atoms. The van der Waals surface area contributed by atoms with Gasteiger partial charge in [0.1, 0.15) is 0 Å². The highest BCUT2D eigenvalue weighted by Crippen LogP contribution is 2.21. The van der Waals surface area contributed by atoms with E-state index in [2.05, 4.69) is 31.2 Å². The maximum absolute atomic E-state index is 12.5. The van der Waals surface area contributed by atoms with E-state index < -0.39 is 0 Å². The van der Waals surface area contributed by atoms with Crippen LogP contribution in [0.3, 0.4) is 0 Å². The van der Waals surface area contributed by atoms with E-state index >= 15 is 0 Å². The van der Waals surface area contributed by atoms with Crippen LogP contribution in [0.5, 0.6) is 0 Å². The quantitative estimate of drug-likeness (QED) is 0.838. The molecule has 2 aromatic rings. The number of hydrogen-bond acceptors (Lipinski definition) is 3. The lowest BCUT2D eigenvalue weighted by molar-refractivity contribution is 0.222. The SMILES string of the molecule is O=C(Nc1nc2ccccc2n1CCN1CCCCC1)NC1CCCCC1. The zero-order chi connectivity index (χ0) is 18.5. The minimum Gasteiger partial charge on any atom is -0.335 e. The normalized spacial score (nSPS) is 19.3. The fourth-order valence-electron chi connectivity index (χ4n) is 4.39. The fourth-order valence-corrected chi connectivity index (χ4v) is 4.39. The van der Waals surface area contributed by atoms with E-state index in [0.717, 1.165) is 37.0 Å². The van der Waals surface area contributed by atoms with Crippen LogP contribution in [0.15, 0.2) is 24.3 Å². The second-order valence-corrected chi connectivity index (χ2v) is 7.91. The van der Waals surface area contributed by atoms with Crippen molar-refractivity contribution >= 4 is 23.0 Å². The van der Waals surface area contributed by atoms with Gasteiger partial charge >= 0.3 is 6.03 Å². The molecule has 2 N–H and O–H groups in total. The zero-order valence-electron chi connectivity index (χ0n) is 16.1. The molecule has 2 heterocycles. The molecule has 2 fully saturated rings. The number of carbonyl (C=O) groups is 1. The van der Waals surface area contributed by atoms with Gasteiger partial charge in [-0.25, -0.2) is 9.78 Å². The monoisotopic (exact) mass is 369 g/mol. The first-order valence-corrected chi connectivity index (χ1v) is 10.5. The third-order valence-corrected chi connectivity index (χ3v) is 5.91. The number of likely N-dealkylation sites (tertiary alicyclic amines) is 1. The Morgan fingerprint density at radius 1 is 1.00 bits per heavy atom. The molecule has 1 saturated heterocycles.